The number of hydrogen-bond acceptors (Lipinski definition) is 4. The molecule has 0 atom stereocenters. The van der Waals surface area contributed by atoms with Crippen LogP contribution >= 0.6 is 0 Å². The molecular weight excluding hydrogens is 404 g/mol. The summed E-state index contributed by atoms with van der Waals surface area (Å²) in [6, 6.07) is 15.8. The number of carboxylic acid groups (broad SMARTS) is 1. The standard InChI is InChI=1S/C26H32N2O4/c1-3-17-32-24-10-5-4-8-21(24)11-12-25(29)27(2)19-20-7-6-9-23(18-20)28-15-13-22(14-16-28)26(30)31/h4-12,18,22H,3,13-17,19H2,1-2H3,(H,30,31)/b12-11+. The molecule has 3 rings (SSSR count). The van der Waals surface area contributed by atoms with Crippen molar-refractivity contribution in [2.75, 3.05) is 31.6 Å². The Morgan fingerprint density at radius 2 is 1.91 bits per heavy atom. The fourth-order valence-corrected chi connectivity index (χ4v) is 3.84. The zero-order valence-corrected chi connectivity index (χ0v) is 18.9. The van der Waals surface area contributed by atoms with Crippen molar-refractivity contribution in [3.05, 3.63) is 65.7 Å². The molecule has 1 aliphatic rings. The van der Waals surface area contributed by atoms with Gasteiger partial charge in [0.25, 0.3) is 0 Å². The molecule has 6 heteroatoms. The van der Waals surface area contributed by atoms with E-state index < -0.39 is 5.97 Å². The molecule has 1 heterocycles. The highest BCUT2D eigenvalue weighted by molar-refractivity contribution is 5.92. The maximum atomic E-state index is 12.7. The highest BCUT2D eigenvalue weighted by Gasteiger charge is 2.24. The second kappa shape index (κ2) is 11.4. The van der Waals surface area contributed by atoms with Crippen molar-refractivity contribution < 1.29 is 19.4 Å². The van der Waals surface area contributed by atoms with E-state index in [9.17, 15) is 14.7 Å². The summed E-state index contributed by atoms with van der Waals surface area (Å²) in [5.41, 5.74) is 3.00. The SMILES string of the molecule is CCCOc1ccccc1/C=C/C(=O)N(C)Cc1cccc(N2CCC(C(=O)O)CC2)c1. The third kappa shape index (κ3) is 6.36. The topological polar surface area (TPSA) is 70.1 Å². The van der Waals surface area contributed by atoms with Gasteiger partial charge in [-0.3, -0.25) is 9.59 Å². The fourth-order valence-electron chi connectivity index (χ4n) is 3.84. The minimum absolute atomic E-state index is 0.0806. The summed E-state index contributed by atoms with van der Waals surface area (Å²) in [6.45, 7) is 4.67. The third-order valence-electron chi connectivity index (χ3n) is 5.70. The number of anilines is 1. The van der Waals surface area contributed by atoms with Crippen LogP contribution in [0.3, 0.4) is 0 Å². The molecule has 0 bridgehead atoms. The number of amides is 1. The number of hydrogen-bond donors (Lipinski definition) is 1. The molecule has 0 aromatic heterocycles. The van der Waals surface area contributed by atoms with Gasteiger partial charge in [-0.2, -0.15) is 0 Å². The van der Waals surface area contributed by atoms with Crippen LogP contribution in [0.15, 0.2) is 54.6 Å². The summed E-state index contributed by atoms with van der Waals surface area (Å²) in [5.74, 6) is -0.253. The summed E-state index contributed by atoms with van der Waals surface area (Å²) < 4.78 is 5.75. The van der Waals surface area contributed by atoms with Gasteiger partial charge >= 0.3 is 5.97 Å². The monoisotopic (exact) mass is 436 g/mol. The Morgan fingerprint density at radius 3 is 2.62 bits per heavy atom. The van der Waals surface area contributed by atoms with Gasteiger partial charge in [-0.05, 0) is 49.1 Å². The van der Waals surface area contributed by atoms with Gasteiger partial charge in [0.05, 0.1) is 12.5 Å². The number of carbonyl (C=O) groups excluding carboxylic acids is 1. The van der Waals surface area contributed by atoms with E-state index in [2.05, 4.69) is 17.9 Å². The average Bonchev–Trinajstić information content (AvgIpc) is 2.81. The molecule has 32 heavy (non-hydrogen) atoms. The van der Waals surface area contributed by atoms with E-state index in [0.717, 1.165) is 42.1 Å². The molecule has 1 aliphatic heterocycles. The first-order valence-corrected chi connectivity index (χ1v) is 11.2. The largest absolute Gasteiger partial charge is 0.493 e. The number of likely N-dealkylation sites (N-methyl/N-ethyl adjacent to an activating group) is 1. The van der Waals surface area contributed by atoms with Crippen LogP contribution in [0.1, 0.15) is 37.3 Å². The Hall–Kier alpha value is -3.28. The average molecular weight is 437 g/mol. The lowest BCUT2D eigenvalue weighted by Crippen LogP contribution is -2.36. The number of para-hydroxylation sites is 1. The van der Waals surface area contributed by atoms with Crippen LogP contribution in [0.25, 0.3) is 6.08 Å². The highest BCUT2D eigenvalue weighted by atomic mass is 16.5. The predicted molar refractivity (Wildman–Crippen MR) is 127 cm³/mol. The lowest BCUT2D eigenvalue weighted by atomic mass is 9.96. The number of carbonyl (C=O) groups is 2. The second-order valence-electron chi connectivity index (χ2n) is 8.18. The van der Waals surface area contributed by atoms with E-state index in [-0.39, 0.29) is 11.8 Å². The number of carboxylic acids is 1. The maximum absolute atomic E-state index is 12.7. The minimum atomic E-state index is -0.703. The number of ether oxygens (including phenoxy) is 1. The summed E-state index contributed by atoms with van der Waals surface area (Å²) in [7, 11) is 1.79. The molecule has 2 aromatic carbocycles. The molecule has 6 nitrogen and oxygen atoms in total. The maximum Gasteiger partial charge on any atom is 0.306 e. The minimum Gasteiger partial charge on any atom is -0.493 e. The second-order valence-corrected chi connectivity index (χ2v) is 8.18. The van der Waals surface area contributed by atoms with Crippen LogP contribution in [0.4, 0.5) is 5.69 Å². The van der Waals surface area contributed by atoms with Crippen molar-refractivity contribution >= 4 is 23.6 Å². The molecule has 1 N–H and O–H groups in total. The van der Waals surface area contributed by atoms with Crippen LogP contribution in [0.2, 0.25) is 0 Å². The van der Waals surface area contributed by atoms with E-state index in [1.807, 2.05) is 42.5 Å². The van der Waals surface area contributed by atoms with Gasteiger partial charge in [0.2, 0.25) is 5.91 Å². The van der Waals surface area contributed by atoms with Crippen molar-refractivity contribution in [1.82, 2.24) is 4.90 Å². The van der Waals surface area contributed by atoms with Gasteiger partial charge in [0.15, 0.2) is 0 Å². The van der Waals surface area contributed by atoms with E-state index in [1.165, 1.54) is 0 Å². The molecule has 0 saturated carbocycles. The normalized spacial score (nSPS) is 14.5. The molecule has 1 fully saturated rings. The molecule has 1 amide bonds. The van der Waals surface area contributed by atoms with Crippen molar-refractivity contribution in [2.45, 2.75) is 32.7 Å². The Labute approximate surface area is 190 Å². The predicted octanol–water partition coefficient (Wildman–Crippen LogP) is 4.45. The van der Waals surface area contributed by atoms with Gasteiger partial charge in [-0.15, -0.1) is 0 Å². The van der Waals surface area contributed by atoms with Crippen LogP contribution < -0.4 is 9.64 Å². The zero-order valence-electron chi connectivity index (χ0n) is 18.9. The van der Waals surface area contributed by atoms with Crippen molar-refractivity contribution in [3.63, 3.8) is 0 Å². The first-order valence-electron chi connectivity index (χ1n) is 11.2. The molecule has 0 aliphatic carbocycles. The van der Waals surface area contributed by atoms with Crippen LogP contribution in [-0.2, 0) is 16.1 Å². The van der Waals surface area contributed by atoms with Crippen molar-refractivity contribution in [3.8, 4) is 5.75 Å². The quantitative estimate of drug-likeness (QED) is 0.588. The highest BCUT2D eigenvalue weighted by Crippen LogP contribution is 2.25. The summed E-state index contributed by atoms with van der Waals surface area (Å²) in [5, 5.41) is 9.19. The van der Waals surface area contributed by atoms with E-state index >= 15 is 0 Å². The number of nitrogens with zero attached hydrogens (tertiary/aromatic N) is 2. The van der Waals surface area contributed by atoms with Crippen LogP contribution in [-0.4, -0.2) is 48.6 Å². The van der Waals surface area contributed by atoms with Crippen molar-refractivity contribution in [2.24, 2.45) is 5.92 Å². The lowest BCUT2D eigenvalue weighted by molar-refractivity contribution is -0.142. The smallest absolute Gasteiger partial charge is 0.306 e. The molecule has 170 valence electrons. The summed E-state index contributed by atoms with van der Waals surface area (Å²) in [6.07, 6.45) is 5.62. The number of piperidine rings is 1. The number of rotatable bonds is 9. The van der Waals surface area contributed by atoms with Crippen molar-refractivity contribution in [1.29, 1.82) is 0 Å². The summed E-state index contributed by atoms with van der Waals surface area (Å²) in [4.78, 5) is 27.7. The Balaban J connectivity index is 1.60. The van der Waals surface area contributed by atoms with Gasteiger partial charge in [0.1, 0.15) is 5.75 Å². The van der Waals surface area contributed by atoms with E-state index in [0.29, 0.717) is 26.0 Å². The first kappa shape index (κ1) is 23.4. The van der Waals surface area contributed by atoms with E-state index in [4.69, 9.17) is 4.74 Å². The Bertz CT molecular complexity index is 948. The molecule has 0 unspecified atom stereocenters. The molecule has 2 aromatic rings. The molecule has 1 saturated heterocycles. The molecular formula is C26H32N2O4. The molecule has 0 radical (unpaired) electrons. The first-order chi connectivity index (χ1) is 15.5. The van der Waals surface area contributed by atoms with E-state index in [1.54, 1.807) is 24.1 Å². The van der Waals surface area contributed by atoms with Gasteiger partial charge in [0, 0.05) is 44.0 Å². The molecule has 0 spiro atoms. The summed E-state index contributed by atoms with van der Waals surface area (Å²) >= 11 is 0. The van der Waals surface area contributed by atoms with Crippen LogP contribution in [0, 0.1) is 5.92 Å². The number of benzene rings is 2. The lowest BCUT2D eigenvalue weighted by Gasteiger charge is -2.32. The fraction of sp³-hybridized carbons (Fsp3) is 0.385. The number of aliphatic carboxylic acids is 1. The Kier molecular flexibility index (Phi) is 8.31. The van der Waals surface area contributed by atoms with Gasteiger partial charge < -0.3 is 19.6 Å². The third-order valence-corrected chi connectivity index (χ3v) is 5.70. The Morgan fingerprint density at radius 1 is 1.16 bits per heavy atom. The zero-order chi connectivity index (χ0) is 22.9. The van der Waals surface area contributed by atoms with Gasteiger partial charge in [-0.1, -0.05) is 37.3 Å². The van der Waals surface area contributed by atoms with Crippen LogP contribution in [0.5, 0.6) is 5.75 Å². The van der Waals surface area contributed by atoms with Gasteiger partial charge in [-0.25, -0.2) is 0 Å².